The van der Waals surface area contributed by atoms with Crippen LogP contribution < -0.4 is 0 Å². The number of aliphatic hydroxyl groups excluding tert-OH is 2. The van der Waals surface area contributed by atoms with E-state index >= 15 is 0 Å². The van der Waals surface area contributed by atoms with Crippen LogP contribution in [0.3, 0.4) is 0 Å². The molecule has 0 saturated heterocycles. The Morgan fingerprint density at radius 2 is 1.52 bits per heavy atom. The smallest absolute Gasteiger partial charge is 0.371 e. The molecule has 106 valence electrons. The predicted molar refractivity (Wildman–Crippen MR) is 77.9 cm³/mol. The SMILES string of the molecule is O=C(/C=C(\O)C(=O)O)/C=C(/O)c1cccc2ccccc12. The van der Waals surface area contributed by atoms with Crippen LogP contribution >= 0.6 is 0 Å². The minimum absolute atomic E-state index is 0.300. The van der Waals surface area contributed by atoms with Crippen LogP contribution in [0.1, 0.15) is 5.56 Å². The number of benzene rings is 2. The van der Waals surface area contributed by atoms with Crippen LogP contribution in [0.15, 0.2) is 60.4 Å². The molecule has 0 aliphatic carbocycles. The lowest BCUT2D eigenvalue weighted by Gasteiger charge is -2.05. The van der Waals surface area contributed by atoms with Crippen molar-refractivity contribution in [2.45, 2.75) is 0 Å². The summed E-state index contributed by atoms with van der Waals surface area (Å²) in [6, 6.07) is 12.6. The summed E-state index contributed by atoms with van der Waals surface area (Å²) in [5.41, 5.74) is 0.449. The van der Waals surface area contributed by atoms with Crippen molar-refractivity contribution < 1.29 is 24.9 Å². The maximum absolute atomic E-state index is 11.5. The van der Waals surface area contributed by atoms with Crippen LogP contribution in [-0.2, 0) is 9.59 Å². The molecule has 5 nitrogen and oxygen atoms in total. The third kappa shape index (κ3) is 3.27. The monoisotopic (exact) mass is 284 g/mol. The molecule has 0 amide bonds. The van der Waals surface area contributed by atoms with Gasteiger partial charge in [0.25, 0.3) is 0 Å². The molecule has 0 aliphatic heterocycles. The average Bonchev–Trinajstić information content (AvgIpc) is 2.46. The number of allylic oxidation sites excluding steroid dienone is 2. The summed E-state index contributed by atoms with van der Waals surface area (Å²) in [5.74, 6) is -3.81. The van der Waals surface area contributed by atoms with Crippen LogP contribution in [-0.4, -0.2) is 27.1 Å². The van der Waals surface area contributed by atoms with Crippen molar-refractivity contribution in [1.29, 1.82) is 0 Å². The van der Waals surface area contributed by atoms with Crippen molar-refractivity contribution in [3.05, 3.63) is 65.9 Å². The molecule has 0 aromatic heterocycles. The highest BCUT2D eigenvalue weighted by Gasteiger charge is 2.09. The van der Waals surface area contributed by atoms with Crippen LogP contribution in [0.5, 0.6) is 0 Å². The molecule has 0 saturated carbocycles. The van der Waals surface area contributed by atoms with E-state index in [4.69, 9.17) is 10.2 Å². The van der Waals surface area contributed by atoms with E-state index in [-0.39, 0.29) is 5.76 Å². The first-order valence-electron chi connectivity index (χ1n) is 6.06. The lowest BCUT2D eigenvalue weighted by Crippen LogP contribution is -2.02. The summed E-state index contributed by atoms with van der Waals surface area (Å²) < 4.78 is 0. The maximum atomic E-state index is 11.5. The van der Waals surface area contributed by atoms with Gasteiger partial charge in [-0.2, -0.15) is 0 Å². The van der Waals surface area contributed by atoms with Crippen molar-refractivity contribution in [3.8, 4) is 0 Å². The Bertz CT molecular complexity index is 766. The Labute approximate surface area is 120 Å². The Kier molecular flexibility index (Phi) is 4.04. The lowest BCUT2D eigenvalue weighted by atomic mass is 10.0. The minimum atomic E-state index is -1.61. The lowest BCUT2D eigenvalue weighted by molar-refractivity contribution is -0.135. The van der Waals surface area contributed by atoms with Crippen molar-refractivity contribution in [2.24, 2.45) is 0 Å². The van der Waals surface area contributed by atoms with Gasteiger partial charge < -0.3 is 15.3 Å². The number of fused-ring (bicyclic) bond motifs is 1. The number of carboxylic acid groups (broad SMARTS) is 1. The molecule has 5 heteroatoms. The molecule has 0 fully saturated rings. The highest BCUT2D eigenvalue weighted by atomic mass is 16.4. The van der Waals surface area contributed by atoms with Gasteiger partial charge in [0.05, 0.1) is 0 Å². The van der Waals surface area contributed by atoms with Gasteiger partial charge in [0.2, 0.25) is 5.76 Å². The Hall–Kier alpha value is -3.08. The van der Waals surface area contributed by atoms with E-state index in [0.29, 0.717) is 11.6 Å². The second kappa shape index (κ2) is 5.92. The second-order valence-electron chi connectivity index (χ2n) is 4.29. The first-order valence-corrected chi connectivity index (χ1v) is 6.06. The van der Waals surface area contributed by atoms with Gasteiger partial charge in [-0.15, -0.1) is 0 Å². The van der Waals surface area contributed by atoms with Crippen LogP contribution in [0.4, 0.5) is 0 Å². The normalized spacial score (nSPS) is 12.4. The fourth-order valence-corrected chi connectivity index (χ4v) is 1.90. The topological polar surface area (TPSA) is 94.8 Å². The highest BCUT2D eigenvalue weighted by molar-refractivity contribution is 6.07. The quantitative estimate of drug-likeness (QED) is 0.592. The molecular formula is C16H12O5. The Morgan fingerprint density at radius 3 is 2.24 bits per heavy atom. The third-order valence-corrected chi connectivity index (χ3v) is 2.84. The summed E-state index contributed by atoms with van der Waals surface area (Å²) >= 11 is 0. The van der Waals surface area contributed by atoms with E-state index in [0.717, 1.165) is 16.8 Å². The molecule has 0 spiro atoms. The molecule has 0 radical (unpaired) electrons. The van der Waals surface area contributed by atoms with Crippen molar-refractivity contribution in [1.82, 2.24) is 0 Å². The first-order chi connectivity index (χ1) is 9.99. The number of aliphatic hydroxyl groups is 2. The van der Waals surface area contributed by atoms with Crippen LogP contribution in [0, 0.1) is 0 Å². The molecule has 21 heavy (non-hydrogen) atoms. The van der Waals surface area contributed by atoms with Gasteiger partial charge in [-0.1, -0.05) is 42.5 Å². The van der Waals surface area contributed by atoms with E-state index in [1.165, 1.54) is 0 Å². The molecule has 2 rings (SSSR count). The summed E-state index contributed by atoms with van der Waals surface area (Å²) in [4.78, 5) is 22.0. The molecule has 0 aliphatic rings. The van der Waals surface area contributed by atoms with E-state index in [9.17, 15) is 14.7 Å². The highest BCUT2D eigenvalue weighted by Crippen LogP contribution is 2.23. The van der Waals surface area contributed by atoms with Crippen molar-refractivity contribution in [3.63, 3.8) is 0 Å². The number of carboxylic acids is 1. The predicted octanol–water partition coefficient (Wildman–Crippen LogP) is 2.83. The maximum Gasteiger partial charge on any atom is 0.371 e. The van der Waals surface area contributed by atoms with Gasteiger partial charge in [-0.25, -0.2) is 4.79 Å². The largest absolute Gasteiger partial charge is 0.507 e. The number of aliphatic carboxylic acids is 1. The van der Waals surface area contributed by atoms with Gasteiger partial charge in [0.1, 0.15) is 5.76 Å². The fraction of sp³-hybridized carbons (Fsp3) is 0. The average molecular weight is 284 g/mol. The molecule has 3 N–H and O–H groups in total. The van der Waals surface area contributed by atoms with Crippen molar-refractivity contribution in [2.75, 3.05) is 0 Å². The molecule has 0 atom stereocenters. The first kappa shape index (κ1) is 14.3. The number of hydrogen-bond acceptors (Lipinski definition) is 4. The number of carbonyl (C=O) groups is 2. The summed E-state index contributed by atoms with van der Waals surface area (Å²) in [7, 11) is 0. The third-order valence-electron chi connectivity index (χ3n) is 2.84. The number of hydrogen-bond donors (Lipinski definition) is 3. The summed E-state index contributed by atoms with van der Waals surface area (Å²) in [5, 5.41) is 29.1. The van der Waals surface area contributed by atoms with Gasteiger partial charge in [-0.3, -0.25) is 4.79 Å². The number of carbonyl (C=O) groups excluding carboxylic acids is 1. The zero-order chi connectivity index (χ0) is 15.4. The fourth-order valence-electron chi connectivity index (χ4n) is 1.90. The van der Waals surface area contributed by atoms with Gasteiger partial charge in [0, 0.05) is 17.7 Å². The van der Waals surface area contributed by atoms with E-state index in [1.807, 2.05) is 18.2 Å². The molecule has 0 heterocycles. The van der Waals surface area contributed by atoms with Gasteiger partial charge >= 0.3 is 5.97 Å². The molecule has 0 unspecified atom stereocenters. The second-order valence-corrected chi connectivity index (χ2v) is 4.29. The van der Waals surface area contributed by atoms with Crippen LogP contribution in [0.25, 0.3) is 16.5 Å². The number of ketones is 1. The Morgan fingerprint density at radius 1 is 0.857 bits per heavy atom. The van der Waals surface area contributed by atoms with Crippen molar-refractivity contribution >= 4 is 28.3 Å². The zero-order valence-corrected chi connectivity index (χ0v) is 10.9. The van der Waals surface area contributed by atoms with Crippen LogP contribution in [0.2, 0.25) is 0 Å². The van der Waals surface area contributed by atoms with E-state index < -0.39 is 17.5 Å². The van der Waals surface area contributed by atoms with E-state index in [1.54, 1.807) is 24.3 Å². The van der Waals surface area contributed by atoms with E-state index in [2.05, 4.69) is 0 Å². The number of rotatable bonds is 4. The zero-order valence-electron chi connectivity index (χ0n) is 10.9. The standard InChI is InChI=1S/C16H12O5/c17-11(9-15(19)16(20)21)8-14(18)13-7-3-5-10-4-1-2-6-12(10)13/h1-9,18-19H,(H,20,21)/b14-8+,15-9-. The molecule has 2 aromatic carbocycles. The molecule has 2 aromatic rings. The van der Waals surface area contributed by atoms with Gasteiger partial charge in [-0.05, 0) is 10.8 Å². The minimum Gasteiger partial charge on any atom is -0.507 e. The summed E-state index contributed by atoms with van der Waals surface area (Å²) in [6.07, 6.45) is 1.39. The molecular weight excluding hydrogens is 272 g/mol. The summed E-state index contributed by atoms with van der Waals surface area (Å²) in [6.45, 7) is 0. The molecule has 0 bridgehead atoms. The Balaban J connectivity index is 2.40. The van der Waals surface area contributed by atoms with Gasteiger partial charge in [0.15, 0.2) is 5.78 Å².